The third-order valence-corrected chi connectivity index (χ3v) is 20.0. The SMILES string of the molecule is CC(C)N1CC(=O)CC(N)C1.CC(C)N1CC(N)CC(F)C1.CC(C)N1CCCC(N)(C(F)F)C1.CC(C)N1CCCC(N)(CF)C1.CC1CCN(C(C)C)CC1N.Cc1cccc(C2CC(N)CN(C(C)C)C2)c1.Cc1ccccc1C1CC(N)CN(C(C)C)C1. The van der Waals surface area contributed by atoms with Gasteiger partial charge in [-0.25, -0.2) is 17.6 Å². The number of ketones is 1. The van der Waals surface area contributed by atoms with Crippen LogP contribution >= 0.6 is 0 Å². The summed E-state index contributed by atoms with van der Waals surface area (Å²) in [5, 5.41) is 0. The molecule has 534 valence electrons. The molecule has 0 bridgehead atoms. The Hall–Kier alpha value is -2.73. The van der Waals surface area contributed by atoms with Crippen molar-refractivity contribution in [2.75, 3.05) is 98.3 Å². The molecule has 0 aliphatic carbocycles. The first-order valence-corrected chi connectivity index (χ1v) is 35.6. The first-order chi connectivity index (χ1) is 43.0. The molecule has 0 spiro atoms. The highest BCUT2D eigenvalue weighted by Gasteiger charge is 2.41. The number of aryl methyl sites for hydroxylation is 2. The first kappa shape index (κ1) is 83.5. The summed E-state index contributed by atoms with van der Waals surface area (Å²) in [6.07, 6.45) is 4.53. The number of carbonyl (C=O) groups is 1. The normalized spacial score (nSPS) is 30.1. The van der Waals surface area contributed by atoms with E-state index in [1.165, 1.54) is 35.2 Å². The van der Waals surface area contributed by atoms with Crippen LogP contribution in [0.5, 0.6) is 0 Å². The molecule has 0 aromatic heterocycles. The van der Waals surface area contributed by atoms with E-state index >= 15 is 0 Å². The summed E-state index contributed by atoms with van der Waals surface area (Å²) in [6, 6.07) is 22.2. The molecular formula is C73H138F4N14O. The van der Waals surface area contributed by atoms with E-state index in [1.54, 1.807) is 0 Å². The molecule has 7 fully saturated rings. The molecule has 0 amide bonds. The Labute approximate surface area is 558 Å². The average Bonchev–Trinajstić information content (AvgIpc) is 1.60. The van der Waals surface area contributed by atoms with Crippen molar-refractivity contribution in [3.63, 3.8) is 0 Å². The lowest BCUT2D eigenvalue weighted by atomic mass is 9.85. The van der Waals surface area contributed by atoms with Crippen LogP contribution < -0.4 is 40.1 Å². The van der Waals surface area contributed by atoms with Crippen LogP contribution in [0.25, 0.3) is 0 Å². The van der Waals surface area contributed by atoms with E-state index in [2.05, 4.69) is 182 Å². The van der Waals surface area contributed by atoms with Crippen LogP contribution in [0.15, 0.2) is 48.5 Å². The molecule has 2 aromatic carbocycles. The van der Waals surface area contributed by atoms with Gasteiger partial charge in [0.25, 0.3) is 6.43 Å². The minimum absolute atomic E-state index is 0.0288. The standard InChI is InChI=1S/2C15H24N2.C9H18F2N2.C9H19FN2.C9H20N2.C8H17FN2.C8H16N2O/c1-11(2)17-9-14(8-15(16)10-17)13-6-4-5-12(3)7-13;1-11(2)17-9-13(8-14(16)10-17)15-7-5-4-6-12(15)3;1-7(2)13-5-3-4-9(12,6-13)8(10)11;1-8(2)12-5-3-4-9(11,6-10)7-12;1-7(2)11-5-4-8(3)9(10)6-11;1-6(2)11-4-7(9)3-8(10)5-11;1-6(2)10-4-7(9)3-8(11)5-10/h4-7,11,14-15H,8-10,16H2,1-3H3;4-7,11,13-14H,8-10,16H2,1-3H3;7-8H,3-6,12H2,1-2H3;8H,3-7,11H2,1-2H3;7-9H,4-6,10H2,1-3H3;6-8H,3-5,10H2,1-2H3;6-7H,3-5,9H2,1-2H3. The minimum Gasteiger partial charge on any atom is -0.327 e. The molecule has 92 heavy (non-hydrogen) atoms. The molecule has 15 nitrogen and oxygen atoms in total. The van der Waals surface area contributed by atoms with Gasteiger partial charge in [-0.05, 0) is 216 Å². The van der Waals surface area contributed by atoms with Crippen molar-refractivity contribution in [2.45, 2.75) is 284 Å². The Balaban J connectivity index is 0.000000282. The van der Waals surface area contributed by atoms with E-state index in [0.717, 1.165) is 91.0 Å². The maximum absolute atomic E-state index is 12.9. The van der Waals surface area contributed by atoms with Crippen LogP contribution in [-0.4, -0.2) is 235 Å². The Morgan fingerprint density at radius 1 is 0.533 bits per heavy atom. The number of alkyl halides is 4. The van der Waals surface area contributed by atoms with Gasteiger partial charge in [0, 0.05) is 144 Å². The largest absolute Gasteiger partial charge is 0.327 e. The number of benzene rings is 2. The average molecular weight is 1300 g/mol. The molecule has 7 heterocycles. The van der Waals surface area contributed by atoms with E-state index in [1.807, 2.05) is 18.7 Å². The lowest BCUT2D eigenvalue weighted by Crippen LogP contribution is -2.59. The van der Waals surface area contributed by atoms with Gasteiger partial charge in [0.15, 0.2) is 0 Å². The van der Waals surface area contributed by atoms with Crippen molar-refractivity contribution >= 4 is 5.78 Å². The molecule has 11 unspecified atom stereocenters. The number of Topliss-reactive ketones (excluding diaryl/α,β-unsaturated/α-hetero) is 1. The molecule has 7 aliphatic rings. The van der Waals surface area contributed by atoms with E-state index in [4.69, 9.17) is 40.1 Å². The quantitative estimate of drug-likeness (QED) is 0.104. The summed E-state index contributed by atoms with van der Waals surface area (Å²) in [4.78, 5) is 27.0. The van der Waals surface area contributed by atoms with E-state index in [-0.39, 0.29) is 17.9 Å². The van der Waals surface area contributed by atoms with Gasteiger partial charge in [0.1, 0.15) is 18.6 Å². The van der Waals surface area contributed by atoms with E-state index in [9.17, 15) is 22.4 Å². The number of rotatable bonds is 11. The Bertz CT molecular complexity index is 2320. The van der Waals surface area contributed by atoms with Gasteiger partial charge in [-0.15, -0.1) is 0 Å². The number of carbonyl (C=O) groups excluding carboxylic acids is 1. The Kier molecular flexibility index (Phi) is 37.1. The second-order valence-electron chi connectivity index (χ2n) is 30.8. The smallest absolute Gasteiger partial charge is 0.257 e. The fraction of sp³-hybridized carbons (Fsp3) is 0.822. The second kappa shape index (κ2) is 40.9. The van der Waals surface area contributed by atoms with Crippen LogP contribution in [0.3, 0.4) is 0 Å². The van der Waals surface area contributed by atoms with Crippen LogP contribution in [0, 0.1) is 19.8 Å². The number of piperidine rings is 7. The summed E-state index contributed by atoms with van der Waals surface area (Å²) < 4.78 is 50.7. The third kappa shape index (κ3) is 29.5. The van der Waals surface area contributed by atoms with Crippen LogP contribution in [0.4, 0.5) is 17.6 Å². The predicted molar refractivity (Wildman–Crippen MR) is 381 cm³/mol. The monoisotopic (exact) mass is 1300 g/mol. The molecule has 14 N–H and O–H groups in total. The fourth-order valence-electron chi connectivity index (χ4n) is 13.7. The molecule has 7 saturated heterocycles. The van der Waals surface area contributed by atoms with Crippen molar-refractivity contribution < 1.29 is 22.4 Å². The fourth-order valence-corrected chi connectivity index (χ4v) is 13.7. The zero-order valence-electron chi connectivity index (χ0n) is 61.0. The van der Waals surface area contributed by atoms with Gasteiger partial charge in [-0.2, -0.15) is 0 Å². The number of likely N-dealkylation sites (tertiary alicyclic amines) is 7. The Morgan fingerprint density at radius 3 is 1.49 bits per heavy atom. The second-order valence-corrected chi connectivity index (χ2v) is 30.8. The molecule has 11 atom stereocenters. The zero-order chi connectivity index (χ0) is 69.4. The summed E-state index contributed by atoms with van der Waals surface area (Å²) >= 11 is 0. The Morgan fingerprint density at radius 2 is 1.01 bits per heavy atom. The summed E-state index contributed by atoms with van der Waals surface area (Å²) in [5.74, 6) is 2.19. The number of hydrogen-bond donors (Lipinski definition) is 7. The molecule has 0 saturated carbocycles. The van der Waals surface area contributed by atoms with Gasteiger partial charge in [0.2, 0.25) is 0 Å². The number of nitrogens with zero attached hydrogens (tertiary/aromatic N) is 7. The highest BCUT2D eigenvalue weighted by molar-refractivity contribution is 5.81. The highest BCUT2D eigenvalue weighted by atomic mass is 19.3. The minimum atomic E-state index is -2.41. The third-order valence-electron chi connectivity index (χ3n) is 20.0. The van der Waals surface area contributed by atoms with Gasteiger partial charge in [-0.3, -0.25) is 39.1 Å². The lowest BCUT2D eigenvalue weighted by Gasteiger charge is -2.41. The number of halogens is 4. The number of hydrogen-bond acceptors (Lipinski definition) is 15. The lowest BCUT2D eigenvalue weighted by molar-refractivity contribution is -0.123. The highest BCUT2D eigenvalue weighted by Crippen LogP contribution is 2.31. The van der Waals surface area contributed by atoms with Gasteiger partial charge in [0.05, 0.1) is 17.6 Å². The summed E-state index contributed by atoms with van der Waals surface area (Å²) in [7, 11) is 0. The zero-order valence-corrected chi connectivity index (χ0v) is 61.0. The molecule has 0 radical (unpaired) electrons. The summed E-state index contributed by atoms with van der Waals surface area (Å²) in [6.45, 7) is 48.9. The first-order valence-electron chi connectivity index (χ1n) is 35.6. The molecule has 19 heteroatoms. The maximum atomic E-state index is 12.9. The van der Waals surface area contributed by atoms with Crippen LogP contribution in [-0.2, 0) is 4.79 Å². The maximum Gasteiger partial charge on any atom is 0.257 e. The topological polar surface area (TPSA) is 222 Å². The predicted octanol–water partition coefficient (Wildman–Crippen LogP) is 9.48. The van der Waals surface area contributed by atoms with Crippen molar-refractivity contribution in [3.05, 3.63) is 70.8 Å². The molecular weight excluding hydrogens is 1160 g/mol. The van der Waals surface area contributed by atoms with Gasteiger partial charge < -0.3 is 40.1 Å². The van der Waals surface area contributed by atoms with Crippen molar-refractivity contribution in [1.29, 1.82) is 0 Å². The number of nitrogens with two attached hydrogens (primary N) is 7. The van der Waals surface area contributed by atoms with Gasteiger partial charge >= 0.3 is 0 Å². The van der Waals surface area contributed by atoms with Gasteiger partial charge in [-0.1, -0.05) is 61.0 Å². The van der Waals surface area contributed by atoms with E-state index in [0.29, 0.717) is 124 Å². The van der Waals surface area contributed by atoms with Crippen LogP contribution in [0.2, 0.25) is 0 Å². The van der Waals surface area contributed by atoms with Crippen molar-refractivity contribution in [3.8, 4) is 0 Å². The molecule has 9 rings (SSSR count). The van der Waals surface area contributed by atoms with Crippen molar-refractivity contribution in [1.82, 2.24) is 34.3 Å². The molecule has 2 aromatic rings. The van der Waals surface area contributed by atoms with E-state index < -0.39 is 30.3 Å². The summed E-state index contributed by atoms with van der Waals surface area (Å²) in [5.41, 5.74) is 45.1. The molecule has 7 aliphatic heterocycles. The van der Waals surface area contributed by atoms with Crippen molar-refractivity contribution in [2.24, 2.45) is 46.1 Å². The van der Waals surface area contributed by atoms with Crippen LogP contribution in [0.1, 0.15) is 196 Å².